The molecule has 0 fully saturated rings. The van der Waals surface area contributed by atoms with Crippen molar-refractivity contribution in [1.82, 2.24) is 5.32 Å². The van der Waals surface area contributed by atoms with Crippen LogP contribution in [0.4, 0.5) is 4.39 Å². The summed E-state index contributed by atoms with van der Waals surface area (Å²) in [4.78, 5) is 11.4. The lowest BCUT2D eigenvalue weighted by Gasteiger charge is -2.05. The van der Waals surface area contributed by atoms with Gasteiger partial charge in [0, 0.05) is 11.9 Å². The van der Waals surface area contributed by atoms with Crippen LogP contribution in [0.15, 0.2) is 18.2 Å². The molecule has 0 bridgehead atoms. The van der Waals surface area contributed by atoms with E-state index in [-0.39, 0.29) is 10.6 Å². The molecule has 2 nitrogen and oxygen atoms in total. The summed E-state index contributed by atoms with van der Waals surface area (Å²) in [6, 6.07) is 4.14. The van der Waals surface area contributed by atoms with Gasteiger partial charge >= 0.3 is 0 Å². The average Bonchev–Trinajstić information content (AvgIpc) is 2.14. The summed E-state index contributed by atoms with van der Waals surface area (Å²) in [6.45, 7) is 0.434. The molecule has 0 aromatic heterocycles. The molecule has 0 aliphatic rings. The highest BCUT2D eigenvalue weighted by molar-refractivity contribution is 9.09. The Hall–Kier alpha value is -0.610. The van der Waals surface area contributed by atoms with Gasteiger partial charge in [0.1, 0.15) is 5.82 Å². The molecular formula is C9H8BrClFNO. The van der Waals surface area contributed by atoms with Crippen LogP contribution in [0.2, 0.25) is 5.02 Å². The van der Waals surface area contributed by atoms with Crippen molar-refractivity contribution in [2.45, 2.75) is 0 Å². The summed E-state index contributed by atoms with van der Waals surface area (Å²) in [7, 11) is 0. The molecule has 1 aromatic carbocycles. The predicted molar refractivity (Wildman–Crippen MR) is 57.5 cm³/mol. The zero-order valence-corrected chi connectivity index (χ0v) is 9.53. The summed E-state index contributed by atoms with van der Waals surface area (Å²) in [5.41, 5.74) is -0.102. The third-order valence-electron chi connectivity index (χ3n) is 1.57. The van der Waals surface area contributed by atoms with Crippen LogP contribution in [0.3, 0.4) is 0 Å². The minimum absolute atomic E-state index is 0.102. The number of hydrogen-bond acceptors (Lipinski definition) is 1. The van der Waals surface area contributed by atoms with E-state index in [1.807, 2.05) is 0 Å². The van der Waals surface area contributed by atoms with Crippen molar-refractivity contribution >= 4 is 33.4 Å². The number of alkyl halides is 1. The minimum Gasteiger partial charge on any atom is -0.351 e. The van der Waals surface area contributed by atoms with E-state index in [4.69, 9.17) is 11.6 Å². The van der Waals surface area contributed by atoms with Crippen molar-refractivity contribution in [2.75, 3.05) is 11.9 Å². The Morgan fingerprint density at radius 3 is 2.86 bits per heavy atom. The van der Waals surface area contributed by atoms with E-state index in [0.29, 0.717) is 11.9 Å². The summed E-state index contributed by atoms with van der Waals surface area (Å²) in [6.07, 6.45) is 0. The molecular weight excluding hydrogens is 272 g/mol. The highest BCUT2D eigenvalue weighted by Crippen LogP contribution is 2.18. The van der Waals surface area contributed by atoms with Crippen LogP contribution in [-0.4, -0.2) is 17.8 Å². The predicted octanol–water partition coefficient (Wildman–Crippen LogP) is 2.60. The molecule has 14 heavy (non-hydrogen) atoms. The van der Waals surface area contributed by atoms with Crippen LogP contribution in [0.25, 0.3) is 0 Å². The van der Waals surface area contributed by atoms with Gasteiger partial charge in [-0.3, -0.25) is 4.79 Å². The quantitative estimate of drug-likeness (QED) is 0.847. The Labute approximate surface area is 94.6 Å². The van der Waals surface area contributed by atoms with Crippen molar-refractivity contribution in [3.8, 4) is 0 Å². The first kappa shape index (κ1) is 11.5. The number of amides is 1. The molecule has 0 radical (unpaired) electrons. The normalized spacial score (nSPS) is 9.93. The van der Waals surface area contributed by atoms with Crippen LogP contribution in [0.5, 0.6) is 0 Å². The van der Waals surface area contributed by atoms with Crippen molar-refractivity contribution in [2.24, 2.45) is 0 Å². The molecule has 0 aliphatic carbocycles. The molecule has 0 spiro atoms. The lowest BCUT2D eigenvalue weighted by Crippen LogP contribution is -2.26. The number of carbonyl (C=O) groups excluding carboxylic acids is 1. The largest absolute Gasteiger partial charge is 0.351 e. The number of halogens is 3. The van der Waals surface area contributed by atoms with Gasteiger partial charge in [0.25, 0.3) is 5.91 Å². The first-order chi connectivity index (χ1) is 6.66. The van der Waals surface area contributed by atoms with Crippen molar-refractivity contribution in [3.05, 3.63) is 34.6 Å². The van der Waals surface area contributed by atoms with Crippen LogP contribution >= 0.6 is 27.5 Å². The molecule has 0 unspecified atom stereocenters. The van der Waals surface area contributed by atoms with E-state index in [2.05, 4.69) is 21.2 Å². The molecule has 0 atom stereocenters. The van der Waals surface area contributed by atoms with E-state index < -0.39 is 11.7 Å². The molecule has 0 saturated carbocycles. The van der Waals surface area contributed by atoms with Gasteiger partial charge in [0.2, 0.25) is 0 Å². The highest BCUT2D eigenvalue weighted by atomic mass is 79.9. The van der Waals surface area contributed by atoms with Crippen LogP contribution in [0, 0.1) is 5.82 Å². The van der Waals surface area contributed by atoms with Gasteiger partial charge in [-0.05, 0) is 12.1 Å². The van der Waals surface area contributed by atoms with Gasteiger partial charge in [0.05, 0.1) is 10.6 Å². The third kappa shape index (κ3) is 2.69. The maximum absolute atomic E-state index is 13.2. The van der Waals surface area contributed by atoms with Gasteiger partial charge in [-0.25, -0.2) is 4.39 Å². The second-order valence-corrected chi connectivity index (χ2v) is 3.74. The summed E-state index contributed by atoms with van der Waals surface area (Å²) >= 11 is 8.84. The Bertz CT molecular complexity index is 325. The van der Waals surface area contributed by atoms with E-state index >= 15 is 0 Å². The molecule has 0 saturated heterocycles. The fraction of sp³-hybridized carbons (Fsp3) is 0.222. The van der Waals surface area contributed by atoms with Gasteiger partial charge in [-0.15, -0.1) is 0 Å². The molecule has 1 N–H and O–H groups in total. The Morgan fingerprint density at radius 1 is 1.57 bits per heavy atom. The lowest BCUT2D eigenvalue weighted by molar-refractivity contribution is 0.0952. The monoisotopic (exact) mass is 279 g/mol. The number of carbonyl (C=O) groups is 1. The van der Waals surface area contributed by atoms with Crippen LogP contribution in [-0.2, 0) is 0 Å². The SMILES string of the molecule is O=C(NCCBr)c1c(F)cccc1Cl. The zero-order valence-electron chi connectivity index (χ0n) is 7.19. The molecule has 76 valence electrons. The number of nitrogens with one attached hydrogen (secondary N) is 1. The van der Waals surface area contributed by atoms with Gasteiger partial charge in [-0.1, -0.05) is 33.6 Å². The highest BCUT2D eigenvalue weighted by Gasteiger charge is 2.14. The topological polar surface area (TPSA) is 29.1 Å². The fourth-order valence-corrected chi connectivity index (χ4v) is 1.41. The Kier molecular flexibility index (Phi) is 4.35. The van der Waals surface area contributed by atoms with Crippen LogP contribution in [0.1, 0.15) is 10.4 Å². The van der Waals surface area contributed by atoms with Crippen molar-refractivity contribution in [3.63, 3.8) is 0 Å². The molecule has 0 aliphatic heterocycles. The maximum Gasteiger partial charge on any atom is 0.255 e. The second-order valence-electron chi connectivity index (χ2n) is 2.54. The zero-order chi connectivity index (χ0) is 10.6. The van der Waals surface area contributed by atoms with Crippen LogP contribution < -0.4 is 5.32 Å². The summed E-state index contributed by atoms with van der Waals surface area (Å²) < 4.78 is 13.2. The molecule has 0 heterocycles. The fourth-order valence-electron chi connectivity index (χ4n) is 0.964. The van der Waals surface area contributed by atoms with Crippen molar-refractivity contribution < 1.29 is 9.18 Å². The van der Waals surface area contributed by atoms with Gasteiger partial charge < -0.3 is 5.32 Å². The van der Waals surface area contributed by atoms with E-state index in [1.54, 1.807) is 0 Å². The number of rotatable bonds is 3. The number of hydrogen-bond donors (Lipinski definition) is 1. The summed E-state index contributed by atoms with van der Waals surface area (Å²) in [5.74, 6) is -1.10. The van der Waals surface area contributed by atoms with E-state index in [0.717, 1.165) is 0 Å². The second kappa shape index (κ2) is 5.32. The standard InChI is InChI=1S/C9H8BrClFNO/c10-4-5-13-9(14)8-6(11)2-1-3-7(8)12/h1-3H,4-5H2,(H,13,14). The van der Waals surface area contributed by atoms with Crippen molar-refractivity contribution in [1.29, 1.82) is 0 Å². The summed E-state index contributed by atoms with van der Waals surface area (Å²) in [5, 5.41) is 3.26. The number of benzene rings is 1. The Morgan fingerprint density at radius 2 is 2.29 bits per heavy atom. The molecule has 5 heteroatoms. The van der Waals surface area contributed by atoms with Gasteiger partial charge in [0.15, 0.2) is 0 Å². The molecule has 1 aromatic rings. The smallest absolute Gasteiger partial charge is 0.255 e. The van der Waals surface area contributed by atoms with E-state index in [9.17, 15) is 9.18 Å². The Balaban J connectivity index is 2.89. The first-order valence-electron chi connectivity index (χ1n) is 3.95. The third-order valence-corrected chi connectivity index (χ3v) is 2.28. The van der Waals surface area contributed by atoms with Gasteiger partial charge in [-0.2, -0.15) is 0 Å². The average molecular weight is 281 g/mol. The van der Waals surface area contributed by atoms with E-state index in [1.165, 1.54) is 18.2 Å². The lowest BCUT2D eigenvalue weighted by atomic mass is 10.2. The molecule has 1 rings (SSSR count). The molecule has 1 amide bonds. The first-order valence-corrected chi connectivity index (χ1v) is 5.45. The maximum atomic E-state index is 13.2. The minimum atomic E-state index is -0.607.